The molecule has 0 aliphatic rings. The highest BCUT2D eigenvalue weighted by molar-refractivity contribution is 9.10. The summed E-state index contributed by atoms with van der Waals surface area (Å²) in [5.74, 6) is -2.57. The molecule has 2 aromatic carbocycles. The normalized spacial score (nSPS) is 10.6. The number of carbonyl (C=O) groups excluding carboxylic acids is 1. The average Bonchev–Trinajstić information content (AvgIpc) is 2.38. The summed E-state index contributed by atoms with van der Waals surface area (Å²) in [5, 5.41) is 0. The molecule has 0 atom stereocenters. The minimum atomic E-state index is -0.984. The lowest BCUT2D eigenvalue weighted by atomic mass is 10.0. The van der Waals surface area contributed by atoms with Crippen molar-refractivity contribution < 1.29 is 18.0 Å². The number of Topliss-reactive ketones (excluding diaryl/α,β-unsaturated/α-hetero) is 1. The zero-order valence-corrected chi connectivity index (χ0v) is 11.9. The molecule has 0 aromatic heterocycles. The third kappa shape index (κ3) is 3.70. The summed E-state index contributed by atoms with van der Waals surface area (Å²) < 4.78 is 39.5. The van der Waals surface area contributed by atoms with Crippen LogP contribution in [0, 0.1) is 17.5 Å². The van der Waals surface area contributed by atoms with E-state index >= 15 is 0 Å². The highest BCUT2D eigenvalue weighted by atomic mass is 79.9. The second kappa shape index (κ2) is 6.22. The zero-order chi connectivity index (χ0) is 14.7. The topological polar surface area (TPSA) is 17.1 Å². The number of hydrogen-bond acceptors (Lipinski definition) is 1. The van der Waals surface area contributed by atoms with Gasteiger partial charge in [-0.3, -0.25) is 4.79 Å². The van der Waals surface area contributed by atoms with Crippen molar-refractivity contribution in [3.05, 3.63) is 69.4 Å². The first kappa shape index (κ1) is 14.8. The Morgan fingerprint density at radius 3 is 2.40 bits per heavy atom. The smallest absolute Gasteiger partial charge is 0.159 e. The lowest BCUT2D eigenvalue weighted by Gasteiger charge is -2.05. The van der Waals surface area contributed by atoms with Crippen molar-refractivity contribution in [2.75, 3.05) is 0 Å². The Morgan fingerprint density at radius 2 is 1.70 bits per heavy atom. The quantitative estimate of drug-likeness (QED) is 0.812. The molecule has 0 bridgehead atoms. The Kier molecular flexibility index (Phi) is 4.60. The summed E-state index contributed by atoms with van der Waals surface area (Å²) in [4.78, 5) is 11.9. The van der Waals surface area contributed by atoms with Gasteiger partial charge in [0.25, 0.3) is 0 Å². The first-order valence-electron chi connectivity index (χ1n) is 5.85. The van der Waals surface area contributed by atoms with Gasteiger partial charge in [-0.1, -0.05) is 22.0 Å². The van der Waals surface area contributed by atoms with Gasteiger partial charge in [0.1, 0.15) is 11.6 Å². The van der Waals surface area contributed by atoms with Gasteiger partial charge < -0.3 is 0 Å². The standard InChI is InChI=1S/C15H10BrF3O/c16-13-3-2-11(17)7-10(13)8-12(20)5-9-1-4-14(18)15(19)6-9/h1-4,6-7H,5,8H2. The molecule has 2 aromatic rings. The molecule has 20 heavy (non-hydrogen) atoms. The van der Waals surface area contributed by atoms with Crippen LogP contribution in [0.5, 0.6) is 0 Å². The van der Waals surface area contributed by atoms with Gasteiger partial charge in [-0.25, -0.2) is 13.2 Å². The van der Waals surface area contributed by atoms with Gasteiger partial charge in [0.2, 0.25) is 0 Å². The van der Waals surface area contributed by atoms with Crippen molar-refractivity contribution in [2.45, 2.75) is 12.8 Å². The summed E-state index contributed by atoms with van der Waals surface area (Å²) in [6.07, 6.45) is -0.00249. The van der Waals surface area contributed by atoms with Crippen LogP contribution in [0.25, 0.3) is 0 Å². The molecule has 0 fully saturated rings. The summed E-state index contributed by atoms with van der Waals surface area (Å²) in [6.45, 7) is 0. The molecule has 2 rings (SSSR count). The van der Waals surface area contributed by atoms with Crippen LogP contribution in [0.1, 0.15) is 11.1 Å². The number of halogens is 4. The summed E-state index contributed by atoms with van der Waals surface area (Å²) in [7, 11) is 0. The number of carbonyl (C=O) groups is 1. The van der Waals surface area contributed by atoms with E-state index in [1.54, 1.807) is 0 Å². The van der Waals surface area contributed by atoms with Crippen molar-refractivity contribution in [1.82, 2.24) is 0 Å². The van der Waals surface area contributed by atoms with Crippen LogP contribution in [-0.4, -0.2) is 5.78 Å². The van der Waals surface area contributed by atoms with Crippen molar-refractivity contribution in [3.8, 4) is 0 Å². The Morgan fingerprint density at radius 1 is 0.950 bits per heavy atom. The van der Waals surface area contributed by atoms with E-state index in [-0.39, 0.29) is 18.6 Å². The van der Waals surface area contributed by atoms with Gasteiger partial charge in [-0.15, -0.1) is 0 Å². The summed E-state index contributed by atoms with van der Waals surface area (Å²) in [6, 6.07) is 7.41. The van der Waals surface area contributed by atoms with Crippen molar-refractivity contribution in [3.63, 3.8) is 0 Å². The minimum Gasteiger partial charge on any atom is -0.299 e. The molecule has 0 N–H and O–H groups in total. The van der Waals surface area contributed by atoms with E-state index in [0.717, 1.165) is 12.1 Å². The number of benzene rings is 2. The second-order valence-electron chi connectivity index (χ2n) is 4.38. The predicted molar refractivity (Wildman–Crippen MR) is 72.9 cm³/mol. The summed E-state index contributed by atoms with van der Waals surface area (Å²) in [5.41, 5.74) is 0.916. The zero-order valence-electron chi connectivity index (χ0n) is 10.3. The maximum Gasteiger partial charge on any atom is 0.159 e. The molecule has 0 radical (unpaired) electrons. The third-order valence-corrected chi connectivity index (χ3v) is 3.55. The molecule has 0 aliphatic heterocycles. The molecular weight excluding hydrogens is 333 g/mol. The monoisotopic (exact) mass is 342 g/mol. The largest absolute Gasteiger partial charge is 0.299 e. The Hall–Kier alpha value is -1.62. The van der Waals surface area contributed by atoms with Gasteiger partial charge in [-0.2, -0.15) is 0 Å². The van der Waals surface area contributed by atoms with Crippen LogP contribution >= 0.6 is 15.9 Å². The Balaban J connectivity index is 2.09. The molecule has 0 saturated heterocycles. The van der Waals surface area contributed by atoms with Crippen molar-refractivity contribution >= 4 is 21.7 Å². The SMILES string of the molecule is O=C(Cc1ccc(F)c(F)c1)Cc1cc(F)ccc1Br. The first-order valence-corrected chi connectivity index (χ1v) is 6.64. The molecule has 5 heteroatoms. The van der Waals surface area contributed by atoms with E-state index in [9.17, 15) is 18.0 Å². The fourth-order valence-electron chi connectivity index (χ4n) is 1.83. The van der Waals surface area contributed by atoms with E-state index in [1.807, 2.05) is 0 Å². The molecule has 0 amide bonds. The van der Waals surface area contributed by atoms with E-state index in [4.69, 9.17) is 0 Å². The number of ketones is 1. The fourth-order valence-corrected chi connectivity index (χ4v) is 2.22. The van der Waals surface area contributed by atoms with Crippen LogP contribution in [0.15, 0.2) is 40.9 Å². The third-order valence-electron chi connectivity index (χ3n) is 2.78. The van der Waals surface area contributed by atoms with Gasteiger partial charge in [0.05, 0.1) is 0 Å². The Bertz CT molecular complexity index is 656. The highest BCUT2D eigenvalue weighted by Crippen LogP contribution is 2.19. The lowest BCUT2D eigenvalue weighted by molar-refractivity contribution is -0.117. The molecule has 104 valence electrons. The van der Waals surface area contributed by atoms with Crippen LogP contribution < -0.4 is 0 Å². The van der Waals surface area contributed by atoms with Crippen LogP contribution in [-0.2, 0) is 17.6 Å². The average molecular weight is 343 g/mol. The summed E-state index contributed by atoms with van der Waals surface area (Å²) >= 11 is 3.24. The molecule has 0 unspecified atom stereocenters. The molecule has 0 saturated carbocycles. The van der Waals surface area contributed by atoms with Gasteiger partial charge in [0.15, 0.2) is 11.6 Å². The molecule has 1 nitrogen and oxygen atoms in total. The van der Waals surface area contributed by atoms with E-state index < -0.39 is 17.5 Å². The molecule has 0 spiro atoms. The number of rotatable bonds is 4. The lowest BCUT2D eigenvalue weighted by Crippen LogP contribution is -2.08. The van der Waals surface area contributed by atoms with Gasteiger partial charge >= 0.3 is 0 Å². The van der Waals surface area contributed by atoms with Crippen LogP contribution in [0.3, 0.4) is 0 Å². The van der Waals surface area contributed by atoms with Crippen molar-refractivity contribution in [2.24, 2.45) is 0 Å². The second-order valence-corrected chi connectivity index (χ2v) is 5.23. The van der Waals surface area contributed by atoms with Gasteiger partial charge in [-0.05, 0) is 41.5 Å². The minimum absolute atomic E-state index is 0.0251. The van der Waals surface area contributed by atoms with Gasteiger partial charge in [0, 0.05) is 17.3 Å². The maximum absolute atomic E-state index is 13.1. The predicted octanol–water partition coefficient (Wildman–Crippen LogP) is 4.22. The maximum atomic E-state index is 13.1. The van der Waals surface area contributed by atoms with E-state index in [0.29, 0.717) is 15.6 Å². The fraction of sp³-hybridized carbons (Fsp3) is 0.133. The van der Waals surface area contributed by atoms with Crippen molar-refractivity contribution in [1.29, 1.82) is 0 Å². The molecular formula is C15H10BrF3O. The molecule has 0 heterocycles. The van der Waals surface area contributed by atoms with Crippen LogP contribution in [0.2, 0.25) is 0 Å². The molecule has 0 aliphatic carbocycles. The first-order chi connectivity index (χ1) is 9.45. The number of hydrogen-bond donors (Lipinski definition) is 0. The van der Waals surface area contributed by atoms with E-state index in [1.165, 1.54) is 24.3 Å². The van der Waals surface area contributed by atoms with E-state index in [2.05, 4.69) is 15.9 Å². The highest BCUT2D eigenvalue weighted by Gasteiger charge is 2.10. The van der Waals surface area contributed by atoms with Crippen LogP contribution in [0.4, 0.5) is 13.2 Å². The Labute approximate surface area is 122 Å².